The zero-order chi connectivity index (χ0) is 18.2. The highest BCUT2D eigenvalue weighted by molar-refractivity contribution is 7.15. The topological polar surface area (TPSA) is 84.0 Å². The number of nitrogens with one attached hydrogen (secondary N) is 2. The summed E-state index contributed by atoms with van der Waals surface area (Å²) in [6.07, 6.45) is 2.12. The number of aromatic nitrogens is 2. The van der Waals surface area contributed by atoms with E-state index in [0.717, 1.165) is 17.8 Å². The Bertz CT molecular complexity index is 731. The standard InChI is InChI=1S/C17H21ClN4O2S/c1-3-11(4-2)15(23)20-17-22-21-14(25-17)9-10-19-16(24)12-7-5-6-8-13(12)18/h5-8,11H,3-4,9-10H2,1-2H3,(H,19,24)(H,20,22,23). The van der Waals surface area contributed by atoms with Crippen LogP contribution in [0.3, 0.4) is 0 Å². The number of anilines is 1. The summed E-state index contributed by atoms with van der Waals surface area (Å²) >= 11 is 7.31. The van der Waals surface area contributed by atoms with Crippen molar-refractivity contribution in [2.75, 3.05) is 11.9 Å². The largest absolute Gasteiger partial charge is 0.352 e. The summed E-state index contributed by atoms with van der Waals surface area (Å²) in [7, 11) is 0. The van der Waals surface area contributed by atoms with E-state index in [2.05, 4.69) is 20.8 Å². The molecular weight excluding hydrogens is 360 g/mol. The Balaban J connectivity index is 1.83. The molecule has 1 aromatic carbocycles. The van der Waals surface area contributed by atoms with Crippen molar-refractivity contribution in [1.29, 1.82) is 0 Å². The molecule has 0 spiro atoms. The molecule has 0 saturated heterocycles. The van der Waals surface area contributed by atoms with Crippen molar-refractivity contribution in [3.63, 3.8) is 0 Å². The van der Waals surface area contributed by atoms with Gasteiger partial charge in [0, 0.05) is 18.9 Å². The predicted octanol–water partition coefficient (Wildman–Crippen LogP) is 3.54. The number of carbonyl (C=O) groups excluding carboxylic acids is 2. The van der Waals surface area contributed by atoms with Gasteiger partial charge < -0.3 is 10.6 Å². The summed E-state index contributed by atoms with van der Waals surface area (Å²) in [5.74, 6) is -0.264. The highest BCUT2D eigenvalue weighted by Crippen LogP contribution is 2.18. The molecule has 2 rings (SSSR count). The number of nitrogens with zero attached hydrogens (tertiary/aromatic N) is 2. The molecule has 0 radical (unpaired) electrons. The lowest BCUT2D eigenvalue weighted by Crippen LogP contribution is -2.25. The van der Waals surface area contributed by atoms with Gasteiger partial charge in [-0.15, -0.1) is 10.2 Å². The monoisotopic (exact) mass is 380 g/mol. The molecule has 1 heterocycles. The maximum absolute atomic E-state index is 12.1. The number of halogens is 1. The smallest absolute Gasteiger partial charge is 0.252 e. The van der Waals surface area contributed by atoms with Gasteiger partial charge in [-0.25, -0.2) is 0 Å². The molecule has 2 aromatic rings. The van der Waals surface area contributed by atoms with Crippen LogP contribution in [0.25, 0.3) is 0 Å². The molecule has 0 aliphatic heterocycles. The van der Waals surface area contributed by atoms with E-state index in [1.54, 1.807) is 24.3 Å². The molecule has 0 bridgehead atoms. The first-order valence-corrected chi connectivity index (χ1v) is 9.40. The lowest BCUT2D eigenvalue weighted by Gasteiger charge is -2.09. The van der Waals surface area contributed by atoms with Gasteiger partial charge in [-0.3, -0.25) is 9.59 Å². The maximum Gasteiger partial charge on any atom is 0.252 e. The molecule has 25 heavy (non-hydrogen) atoms. The molecule has 6 nitrogen and oxygen atoms in total. The minimum atomic E-state index is -0.225. The molecule has 0 fully saturated rings. The summed E-state index contributed by atoms with van der Waals surface area (Å²) in [5, 5.41) is 15.3. The number of amides is 2. The predicted molar refractivity (Wildman–Crippen MR) is 100 cm³/mol. The van der Waals surface area contributed by atoms with Crippen LogP contribution >= 0.6 is 22.9 Å². The van der Waals surface area contributed by atoms with Crippen molar-refractivity contribution in [2.45, 2.75) is 33.1 Å². The fourth-order valence-corrected chi connectivity index (χ4v) is 3.26. The summed E-state index contributed by atoms with van der Waals surface area (Å²) < 4.78 is 0. The van der Waals surface area contributed by atoms with E-state index in [9.17, 15) is 9.59 Å². The van der Waals surface area contributed by atoms with Crippen LogP contribution in [0.15, 0.2) is 24.3 Å². The van der Waals surface area contributed by atoms with Crippen molar-refractivity contribution >= 4 is 39.9 Å². The van der Waals surface area contributed by atoms with Gasteiger partial charge in [-0.2, -0.15) is 0 Å². The second kappa shape index (κ2) is 9.48. The first-order valence-electron chi connectivity index (χ1n) is 8.21. The Kier molecular flexibility index (Phi) is 7.33. The quantitative estimate of drug-likeness (QED) is 0.733. The van der Waals surface area contributed by atoms with E-state index < -0.39 is 0 Å². The van der Waals surface area contributed by atoms with E-state index in [0.29, 0.717) is 28.7 Å². The molecular formula is C17H21ClN4O2S. The molecule has 0 saturated carbocycles. The summed E-state index contributed by atoms with van der Waals surface area (Å²) in [6, 6.07) is 6.89. The van der Waals surface area contributed by atoms with Gasteiger partial charge in [0.2, 0.25) is 11.0 Å². The van der Waals surface area contributed by atoms with Crippen molar-refractivity contribution in [2.24, 2.45) is 5.92 Å². The minimum absolute atomic E-state index is 0.0118. The molecule has 0 aliphatic rings. The Labute approximate surface area is 156 Å². The van der Waals surface area contributed by atoms with Crippen LogP contribution in [-0.2, 0) is 11.2 Å². The highest BCUT2D eigenvalue weighted by Gasteiger charge is 2.16. The van der Waals surface area contributed by atoms with Gasteiger partial charge >= 0.3 is 0 Å². The average molecular weight is 381 g/mol. The first kappa shape index (κ1) is 19.3. The van der Waals surface area contributed by atoms with E-state index in [-0.39, 0.29) is 17.7 Å². The number of carbonyl (C=O) groups is 2. The third kappa shape index (κ3) is 5.51. The fourth-order valence-electron chi connectivity index (χ4n) is 2.30. The summed E-state index contributed by atoms with van der Waals surface area (Å²) in [5.41, 5.74) is 0.444. The van der Waals surface area contributed by atoms with Crippen molar-refractivity contribution in [3.05, 3.63) is 39.9 Å². The molecule has 8 heteroatoms. The second-order valence-corrected chi connectivity index (χ2v) is 6.96. The van der Waals surface area contributed by atoms with Gasteiger partial charge in [-0.05, 0) is 25.0 Å². The molecule has 1 aromatic heterocycles. The average Bonchev–Trinajstić information content (AvgIpc) is 3.03. The van der Waals surface area contributed by atoms with E-state index >= 15 is 0 Å². The van der Waals surface area contributed by atoms with Crippen LogP contribution in [0, 0.1) is 5.92 Å². The van der Waals surface area contributed by atoms with E-state index in [4.69, 9.17) is 11.6 Å². The fraction of sp³-hybridized carbons (Fsp3) is 0.412. The molecule has 2 amide bonds. The number of benzene rings is 1. The van der Waals surface area contributed by atoms with Crippen LogP contribution in [0.1, 0.15) is 42.1 Å². The van der Waals surface area contributed by atoms with Crippen molar-refractivity contribution < 1.29 is 9.59 Å². The Morgan fingerprint density at radius 1 is 1.20 bits per heavy atom. The molecule has 2 N–H and O–H groups in total. The third-order valence-electron chi connectivity index (χ3n) is 3.80. The molecule has 134 valence electrons. The Morgan fingerprint density at radius 2 is 1.92 bits per heavy atom. The third-order valence-corrected chi connectivity index (χ3v) is 5.02. The van der Waals surface area contributed by atoms with Crippen molar-refractivity contribution in [3.8, 4) is 0 Å². The Morgan fingerprint density at radius 3 is 2.60 bits per heavy atom. The summed E-state index contributed by atoms with van der Waals surface area (Å²) in [6.45, 7) is 4.39. The lowest BCUT2D eigenvalue weighted by atomic mass is 10.0. The van der Waals surface area contributed by atoms with E-state index in [1.807, 2.05) is 13.8 Å². The zero-order valence-corrected chi connectivity index (χ0v) is 15.8. The van der Waals surface area contributed by atoms with Gasteiger partial charge in [0.05, 0.1) is 10.6 Å². The first-order chi connectivity index (χ1) is 12.0. The zero-order valence-electron chi connectivity index (χ0n) is 14.2. The number of hydrogen-bond acceptors (Lipinski definition) is 5. The van der Waals surface area contributed by atoms with E-state index in [1.165, 1.54) is 11.3 Å². The normalized spacial score (nSPS) is 10.7. The van der Waals surface area contributed by atoms with Gasteiger partial charge in [0.1, 0.15) is 5.01 Å². The SMILES string of the molecule is CCC(CC)C(=O)Nc1nnc(CCNC(=O)c2ccccc2Cl)s1. The van der Waals surface area contributed by atoms with Crippen LogP contribution in [0.2, 0.25) is 5.02 Å². The minimum Gasteiger partial charge on any atom is -0.352 e. The van der Waals surface area contributed by atoms with Crippen LogP contribution in [-0.4, -0.2) is 28.6 Å². The van der Waals surface area contributed by atoms with Gasteiger partial charge in [0.15, 0.2) is 0 Å². The van der Waals surface area contributed by atoms with Gasteiger partial charge in [0.25, 0.3) is 5.91 Å². The van der Waals surface area contributed by atoms with Crippen LogP contribution in [0.5, 0.6) is 0 Å². The number of hydrogen-bond donors (Lipinski definition) is 2. The van der Waals surface area contributed by atoms with Crippen LogP contribution < -0.4 is 10.6 Å². The summed E-state index contributed by atoms with van der Waals surface area (Å²) in [4.78, 5) is 24.1. The van der Waals surface area contributed by atoms with Gasteiger partial charge in [-0.1, -0.05) is 48.9 Å². The Hall–Kier alpha value is -1.99. The second-order valence-electron chi connectivity index (χ2n) is 5.49. The highest BCUT2D eigenvalue weighted by atomic mass is 35.5. The lowest BCUT2D eigenvalue weighted by molar-refractivity contribution is -0.120. The van der Waals surface area contributed by atoms with Crippen molar-refractivity contribution in [1.82, 2.24) is 15.5 Å². The molecule has 0 aliphatic carbocycles. The van der Waals surface area contributed by atoms with Crippen LogP contribution in [0.4, 0.5) is 5.13 Å². The molecule has 0 atom stereocenters. The molecule has 0 unspecified atom stereocenters. The number of rotatable bonds is 8. The maximum atomic E-state index is 12.1.